The third kappa shape index (κ3) is 5.42. The van der Waals surface area contributed by atoms with Crippen LogP contribution in [0.5, 0.6) is 0 Å². The fourth-order valence-corrected chi connectivity index (χ4v) is 4.35. The van der Waals surface area contributed by atoms with E-state index in [-0.39, 0.29) is 24.2 Å². The van der Waals surface area contributed by atoms with Crippen molar-refractivity contribution in [3.05, 3.63) is 107 Å². The van der Waals surface area contributed by atoms with Gasteiger partial charge in [0.2, 0.25) is 0 Å². The Labute approximate surface area is 185 Å². The topological polar surface area (TPSA) is 38.3 Å². The van der Waals surface area contributed by atoms with Crippen molar-refractivity contribution in [3.8, 4) is 0 Å². The number of hydrogen-bond acceptors (Lipinski definition) is 3. The highest BCUT2D eigenvalue weighted by Gasteiger charge is 2.38. The number of aryl methyl sites for hydroxylation is 1. The number of unbranched alkanes of at least 4 members (excludes halogenated alkanes) is 2. The zero-order valence-corrected chi connectivity index (χ0v) is 18.2. The molecule has 0 amide bonds. The van der Waals surface area contributed by atoms with Crippen molar-refractivity contribution in [3.63, 3.8) is 0 Å². The van der Waals surface area contributed by atoms with Crippen LogP contribution in [0.2, 0.25) is 0 Å². The van der Waals surface area contributed by atoms with Crippen LogP contribution in [0, 0.1) is 0 Å². The van der Waals surface area contributed by atoms with Crippen LogP contribution in [0.15, 0.2) is 84.9 Å². The summed E-state index contributed by atoms with van der Waals surface area (Å²) in [5.41, 5.74) is 4.65. The molecule has 0 aliphatic carbocycles. The summed E-state index contributed by atoms with van der Waals surface area (Å²) in [5.74, 6) is -0.183. The number of carbonyl (C=O) groups is 1. The van der Waals surface area contributed by atoms with Crippen molar-refractivity contribution in [2.75, 3.05) is 0 Å². The molecule has 1 N–H and O–H groups in total. The van der Waals surface area contributed by atoms with Crippen LogP contribution in [0.4, 0.5) is 0 Å². The molecule has 1 aliphatic heterocycles. The van der Waals surface area contributed by atoms with E-state index in [0.29, 0.717) is 6.42 Å². The number of rotatable bonds is 8. The smallest absolute Gasteiger partial charge is 0.324 e. The summed E-state index contributed by atoms with van der Waals surface area (Å²) in [7, 11) is 0. The minimum atomic E-state index is -0.365. The van der Waals surface area contributed by atoms with Crippen molar-refractivity contribution >= 4 is 5.97 Å². The lowest BCUT2D eigenvalue weighted by Crippen LogP contribution is -2.49. The van der Waals surface area contributed by atoms with Crippen LogP contribution in [-0.2, 0) is 22.4 Å². The number of carbonyl (C=O) groups excluding carboxylic acids is 1. The lowest BCUT2D eigenvalue weighted by Gasteiger charge is -2.37. The van der Waals surface area contributed by atoms with Crippen molar-refractivity contribution < 1.29 is 9.53 Å². The predicted octanol–water partition coefficient (Wildman–Crippen LogP) is 5.96. The van der Waals surface area contributed by atoms with E-state index < -0.39 is 0 Å². The van der Waals surface area contributed by atoms with Crippen molar-refractivity contribution in [2.24, 2.45) is 0 Å². The molecule has 160 valence electrons. The first-order chi connectivity index (χ1) is 15.2. The van der Waals surface area contributed by atoms with Gasteiger partial charge in [-0.15, -0.1) is 0 Å². The van der Waals surface area contributed by atoms with Crippen LogP contribution < -0.4 is 5.32 Å². The maximum absolute atomic E-state index is 13.0. The van der Waals surface area contributed by atoms with Gasteiger partial charge in [0, 0.05) is 0 Å². The molecule has 1 fully saturated rings. The van der Waals surface area contributed by atoms with Gasteiger partial charge in [-0.1, -0.05) is 105 Å². The lowest BCUT2D eigenvalue weighted by molar-refractivity contribution is -0.160. The summed E-state index contributed by atoms with van der Waals surface area (Å²) in [6, 6.07) is 28.5. The Morgan fingerprint density at radius 1 is 0.806 bits per heavy atom. The second-order valence-electron chi connectivity index (χ2n) is 8.36. The molecule has 3 nitrogen and oxygen atoms in total. The van der Waals surface area contributed by atoms with Crippen molar-refractivity contribution in [1.29, 1.82) is 0 Å². The highest BCUT2D eigenvalue weighted by molar-refractivity contribution is 5.77. The molecular weight excluding hydrogens is 382 g/mol. The fraction of sp³-hybridized carbons (Fsp3) is 0.321. The molecule has 0 saturated carbocycles. The third-order valence-electron chi connectivity index (χ3n) is 6.00. The molecule has 4 rings (SSSR count). The molecule has 3 aromatic rings. The minimum absolute atomic E-state index is 0.0842. The molecule has 0 aromatic heterocycles. The van der Waals surface area contributed by atoms with Gasteiger partial charge in [0.25, 0.3) is 0 Å². The quantitative estimate of drug-likeness (QED) is 0.366. The number of esters is 1. The van der Waals surface area contributed by atoms with Gasteiger partial charge in [-0.3, -0.25) is 10.1 Å². The maximum atomic E-state index is 13.0. The standard InChI is InChI=1S/C28H31NO2/c1-2-3-6-12-21-13-11-14-22(19-21)20-25-28(30)31-27(24-17-9-5-10-18-24)26(29-25)23-15-7-4-8-16-23/h4-5,7-11,13-19,25-27,29H,2-3,6,12,20H2,1H3. The highest BCUT2D eigenvalue weighted by Crippen LogP contribution is 2.36. The highest BCUT2D eigenvalue weighted by atomic mass is 16.5. The molecule has 3 unspecified atom stereocenters. The molecule has 3 aromatic carbocycles. The summed E-state index contributed by atoms with van der Waals surface area (Å²) in [4.78, 5) is 13.0. The lowest BCUT2D eigenvalue weighted by atomic mass is 9.91. The Kier molecular flexibility index (Phi) is 7.16. The molecular formula is C28H31NO2. The number of benzene rings is 3. The Morgan fingerprint density at radius 2 is 1.48 bits per heavy atom. The first-order valence-electron chi connectivity index (χ1n) is 11.4. The zero-order valence-electron chi connectivity index (χ0n) is 18.2. The molecule has 0 bridgehead atoms. The van der Waals surface area contributed by atoms with E-state index in [0.717, 1.165) is 17.5 Å². The zero-order chi connectivity index (χ0) is 21.5. The molecule has 1 heterocycles. The molecule has 0 spiro atoms. The minimum Gasteiger partial charge on any atom is -0.454 e. The average molecular weight is 414 g/mol. The summed E-state index contributed by atoms with van der Waals surface area (Å²) in [6.45, 7) is 2.22. The van der Waals surface area contributed by atoms with Crippen LogP contribution in [0.3, 0.4) is 0 Å². The SMILES string of the molecule is CCCCCc1cccc(CC2NC(c3ccccc3)C(c3ccccc3)OC2=O)c1. The van der Waals surface area contributed by atoms with Gasteiger partial charge in [-0.2, -0.15) is 0 Å². The Bertz CT molecular complexity index is 971. The van der Waals surface area contributed by atoms with Gasteiger partial charge in [-0.05, 0) is 41.5 Å². The van der Waals surface area contributed by atoms with E-state index in [1.807, 2.05) is 48.5 Å². The number of cyclic esters (lactones) is 1. The van der Waals surface area contributed by atoms with E-state index in [9.17, 15) is 4.79 Å². The van der Waals surface area contributed by atoms with E-state index in [2.05, 4.69) is 48.6 Å². The monoisotopic (exact) mass is 413 g/mol. The number of morpholine rings is 1. The summed E-state index contributed by atoms with van der Waals surface area (Å²) < 4.78 is 6.03. The van der Waals surface area contributed by atoms with Gasteiger partial charge in [-0.25, -0.2) is 0 Å². The van der Waals surface area contributed by atoms with E-state index >= 15 is 0 Å². The van der Waals surface area contributed by atoms with Gasteiger partial charge in [0.1, 0.15) is 12.1 Å². The van der Waals surface area contributed by atoms with Gasteiger partial charge in [0.15, 0.2) is 0 Å². The summed E-state index contributed by atoms with van der Waals surface area (Å²) >= 11 is 0. The molecule has 3 atom stereocenters. The molecule has 31 heavy (non-hydrogen) atoms. The third-order valence-corrected chi connectivity index (χ3v) is 6.00. The van der Waals surface area contributed by atoms with E-state index in [1.54, 1.807) is 0 Å². The van der Waals surface area contributed by atoms with Crippen LogP contribution >= 0.6 is 0 Å². The van der Waals surface area contributed by atoms with E-state index in [1.165, 1.54) is 30.4 Å². The van der Waals surface area contributed by atoms with E-state index in [4.69, 9.17) is 4.74 Å². The van der Waals surface area contributed by atoms with Crippen molar-refractivity contribution in [1.82, 2.24) is 5.32 Å². The Balaban J connectivity index is 1.54. The van der Waals surface area contributed by atoms with Crippen LogP contribution in [0.1, 0.15) is 60.6 Å². The van der Waals surface area contributed by atoms with Crippen molar-refractivity contribution in [2.45, 2.75) is 57.2 Å². The number of hydrogen-bond donors (Lipinski definition) is 1. The van der Waals surface area contributed by atoms with Gasteiger partial charge < -0.3 is 4.74 Å². The summed E-state index contributed by atoms with van der Waals surface area (Å²) in [5, 5.41) is 3.61. The second kappa shape index (κ2) is 10.4. The maximum Gasteiger partial charge on any atom is 0.324 e. The first-order valence-corrected chi connectivity index (χ1v) is 11.4. The van der Waals surface area contributed by atoms with Gasteiger partial charge in [0.05, 0.1) is 6.04 Å². The molecule has 3 heteroatoms. The number of nitrogens with one attached hydrogen (secondary N) is 1. The largest absolute Gasteiger partial charge is 0.454 e. The van der Waals surface area contributed by atoms with Gasteiger partial charge >= 0.3 is 5.97 Å². The molecule has 1 saturated heterocycles. The fourth-order valence-electron chi connectivity index (χ4n) is 4.35. The Morgan fingerprint density at radius 3 is 2.19 bits per heavy atom. The predicted molar refractivity (Wildman–Crippen MR) is 125 cm³/mol. The summed E-state index contributed by atoms with van der Waals surface area (Å²) in [6.07, 6.45) is 5.06. The van der Waals surface area contributed by atoms with Crippen LogP contribution in [-0.4, -0.2) is 12.0 Å². The number of ether oxygens (including phenoxy) is 1. The molecule has 1 aliphatic rings. The van der Waals surface area contributed by atoms with Crippen LogP contribution in [0.25, 0.3) is 0 Å². The Hall–Kier alpha value is -2.91. The molecule has 0 radical (unpaired) electrons. The average Bonchev–Trinajstić information content (AvgIpc) is 2.82. The first kappa shape index (κ1) is 21.3. The second-order valence-corrected chi connectivity index (χ2v) is 8.36. The normalized spacial score (nSPS) is 20.9.